The molecule has 1 heterocycles. The highest BCUT2D eigenvalue weighted by Gasteiger charge is 2.34. The summed E-state index contributed by atoms with van der Waals surface area (Å²) in [6.07, 6.45) is 0. The molecule has 2 aromatic rings. The van der Waals surface area contributed by atoms with E-state index in [-0.39, 0.29) is 10.5 Å². The number of carbonyl (C=O) groups is 1. The number of fused-ring (bicyclic) bond motifs is 1. The molecule has 1 N–H and O–H groups in total. The van der Waals surface area contributed by atoms with Crippen molar-refractivity contribution in [2.24, 2.45) is 5.10 Å². The van der Waals surface area contributed by atoms with E-state index in [1.54, 1.807) is 25.1 Å². The number of benzene rings is 2. The van der Waals surface area contributed by atoms with Gasteiger partial charge in [0.15, 0.2) is 0 Å². The maximum atomic E-state index is 12.5. The number of nitriles is 1. The molecule has 0 aromatic heterocycles. The lowest BCUT2D eigenvalue weighted by molar-refractivity contribution is 0.0697. The van der Waals surface area contributed by atoms with Gasteiger partial charge < -0.3 is 5.11 Å². The third-order valence-corrected chi connectivity index (χ3v) is 5.12. The summed E-state index contributed by atoms with van der Waals surface area (Å²) < 4.78 is 24.9. The quantitative estimate of drug-likeness (QED) is 0.898. The number of sulfone groups is 1. The van der Waals surface area contributed by atoms with Crippen molar-refractivity contribution in [1.82, 2.24) is 0 Å². The first kappa shape index (κ1) is 15.7. The Bertz CT molecular complexity index is 1020. The lowest BCUT2D eigenvalue weighted by Gasteiger charge is -2.26. The maximum Gasteiger partial charge on any atom is 0.335 e. The van der Waals surface area contributed by atoms with Gasteiger partial charge in [0.2, 0.25) is 9.84 Å². The van der Waals surface area contributed by atoms with Crippen LogP contribution in [0.5, 0.6) is 0 Å². The molecule has 0 bridgehead atoms. The number of carboxylic acids is 1. The number of nitrogens with zero attached hydrogens (tertiary/aromatic N) is 3. The monoisotopic (exact) mass is 341 g/mol. The van der Waals surface area contributed by atoms with Gasteiger partial charge in [-0.2, -0.15) is 5.26 Å². The molecule has 120 valence electrons. The predicted molar refractivity (Wildman–Crippen MR) is 87.0 cm³/mol. The summed E-state index contributed by atoms with van der Waals surface area (Å²) in [4.78, 5) is 10.9. The molecule has 0 radical (unpaired) electrons. The fraction of sp³-hybridized carbons (Fsp3) is 0.0625. The SMILES string of the molecule is Cc1ccc2c(c1)S(=O)(=O)C(C#N)=NN2c1ccc(C(=O)O)cc1. The summed E-state index contributed by atoms with van der Waals surface area (Å²) in [5.74, 6) is -1.07. The van der Waals surface area contributed by atoms with Crippen LogP contribution in [0.3, 0.4) is 0 Å². The van der Waals surface area contributed by atoms with E-state index >= 15 is 0 Å². The molecule has 0 fully saturated rings. The third-order valence-electron chi connectivity index (χ3n) is 3.53. The Morgan fingerprint density at radius 1 is 1.21 bits per heavy atom. The molecule has 0 saturated heterocycles. The summed E-state index contributed by atoms with van der Waals surface area (Å²) in [6.45, 7) is 1.75. The second kappa shape index (κ2) is 5.47. The summed E-state index contributed by atoms with van der Waals surface area (Å²) in [7, 11) is -3.96. The second-order valence-corrected chi connectivity index (χ2v) is 6.99. The molecule has 0 saturated carbocycles. The second-order valence-electron chi connectivity index (χ2n) is 5.16. The van der Waals surface area contributed by atoms with Gasteiger partial charge in [0, 0.05) is 0 Å². The van der Waals surface area contributed by atoms with E-state index < -0.39 is 20.9 Å². The largest absolute Gasteiger partial charge is 0.478 e. The van der Waals surface area contributed by atoms with Crippen LogP contribution in [-0.2, 0) is 9.84 Å². The van der Waals surface area contributed by atoms with Crippen LogP contribution in [0, 0.1) is 18.3 Å². The lowest BCUT2D eigenvalue weighted by atomic mass is 10.2. The molecule has 0 amide bonds. The van der Waals surface area contributed by atoms with Crippen molar-refractivity contribution in [3.8, 4) is 6.07 Å². The van der Waals surface area contributed by atoms with Gasteiger partial charge >= 0.3 is 5.97 Å². The number of anilines is 2. The molecule has 0 aliphatic carbocycles. The minimum atomic E-state index is -3.96. The van der Waals surface area contributed by atoms with Crippen LogP contribution in [0.25, 0.3) is 0 Å². The topological polar surface area (TPSA) is 111 Å². The van der Waals surface area contributed by atoms with E-state index in [0.29, 0.717) is 11.4 Å². The highest BCUT2D eigenvalue weighted by molar-refractivity contribution is 8.07. The van der Waals surface area contributed by atoms with E-state index in [2.05, 4.69) is 5.10 Å². The summed E-state index contributed by atoms with van der Waals surface area (Å²) in [5.41, 5.74) is 1.59. The summed E-state index contributed by atoms with van der Waals surface area (Å²) in [6, 6.07) is 12.2. The molecule has 2 aromatic carbocycles. The zero-order valence-corrected chi connectivity index (χ0v) is 13.3. The number of hydrogen-bond acceptors (Lipinski definition) is 6. The van der Waals surface area contributed by atoms with Crippen molar-refractivity contribution in [3.63, 3.8) is 0 Å². The molecule has 1 aliphatic heterocycles. The van der Waals surface area contributed by atoms with Crippen molar-refractivity contribution in [3.05, 3.63) is 53.6 Å². The van der Waals surface area contributed by atoms with E-state index in [0.717, 1.165) is 5.56 Å². The molecule has 0 unspecified atom stereocenters. The molecule has 8 heteroatoms. The maximum absolute atomic E-state index is 12.5. The van der Waals surface area contributed by atoms with E-state index in [9.17, 15) is 13.2 Å². The molecule has 24 heavy (non-hydrogen) atoms. The third kappa shape index (κ3) is 2.41. The Hall–Kier alpha value is -3.18. The Labute approximate surface area is 138 Å². The summed E-state index contributed by atoms with van der Waals surface area (Å²) in [5, 5.41) is 22.7. The van der Waals surface area contributed by atoms with Gasteiger partial charge in [-0.1, -0.05) is 6.07 Å². The molecule has 3 rings (SSSR count). The highest BCUT2D eigenvalue weighted by Crippen LogP contribution is 2.37. The lowest BCUT2D eigenvalue weighted by Crippen LogP contribution is -2.26. The minimum absolute atomic E-state index is 0.00337. The number of hydrazone groups is 1. The number of aromatic carboxylic acids is 1. The first-order valence-electron chi connectivity index (χ1n) is 6.82. The van der Waals surface area contributed by atoms with Crippen molar-refractivity contribution < 1.29 is 18.3 Å². The first-order valence-corrected chi connectivity index (χ1v) is 8.31. The van der Waals surface area contributed by atoms with Crippen LogP contribution in [0.2, 0.25) is 0 Å². The molecule has 0 spiro atoms. The minimum Gasteiger partial charge on any atom is -0.478 e. The van der Waals surface area contributed by atoms with Crippen molar-refractivity contribution in [2.75, 3.05) is 5.01 Å². The fourth-order valence-electron chi connectivity index (χ4n) is 2.34. The predicted octanol–water partition coefficient (Wildman–Crippen LogP) is 2.46. The van der Waals surface area contributed by atoms with Crippen LogP contribution in [0.15, 0.2) is 52.5 Å². The van der Waals surface area contributed by atoms with Gasteiger partial charge in [-0.15, -0.1) is 5.10 Å². The highest BCUT2D eigenvalue weighted by atomic mass is 32.2. The Morgan fingerprint density at radius 3 is 2.46 bits per heavy atom. The zero-order chi connectivity index (χ0) is 17.5. The van der Waals surface area contributed by atoms with Gasteiger partial charge in [-0.3, -0.25) is 0 Å². The fourth-order valence-corrected chi connectivity index (χ4v) is 3.63. The van der Waals surface area contributed by atoms with E-state index in [4.69, 9.17) is 10.4 Å². The first-order chi connectivity index (χ1) is 11.3. The van der Waals surface area contributed by atoms with Gasteiger partial charge in [0.05, 0.1) is 16.9 Å². The number of rotatable bonds is 2. The molecular formula is C16H11N3O4S. The van der Waals surface area contributed by atoms with Crippen LogP contribution in [0.4, 0.5) is 11.4 Å². The van der Waals surface area contributed by atoms with Crippen molar-refractivity contribution in [2.45, 2.75) is 11.8 Å². The Morgan fingerprint density at radius 2 is 1.88 bits per heavy atom. The molecule has 1 aliphatic rings. The van der Waals surface area contributed by atoms with Crippen LogP contribution in [-0.4, -0.2) is 24.5 Å². The molecule has 7 nitrogen and oxygen atoms in total. The average Bonchev–Trinajstić information content (AvgIpc) is 2.55. The standard InChI is InChI=1S/C16H11N3O4S/c1-10-2-7-13-14(8-10)24(22,23)15(9-17)18-19(13)12-5-3-11(4-6-12)16(20)21/h2-8H,1H3,(H,20,21). The molecular weight excluding hydrogens is 330 g/mol. The number of aryl methyl sites for hydroxylation is 1. The van der Waals surface area contributed by atoms with Crippen LogP contribution >= 0.6 is 0 Å². The summed E-state index contributed by atoms with van der Waals surface area (Å²) >= 11 is 0. The van der Waals surface area contributed by atoms with E-state index in [1.807, 2.05) is 0 Å². The smallest absolute Gasteiger partial charge is 0.335 e. The normalized spacial score (nSPS) is 15.2. The Kier molecular flexibility index (Phi) is 3.58. The molecule has 0 atom stereocenters. The zero-order valence-electron chi connectivity index (χ0n) is 12.5. The van der Waals surface area contributed by atoms with Crippen molar-refractivity contribution >= 4 is 32.2 Å². The van der Waals surface area contributed by atoms with Gasteiger partial charge in [0.1, 0.15) is 11.0 Å². The average molecular weight is 341 g/mol. The van der Waals surface area contributed by atoms with Crippen molar-refractivity contribution in [1.29, 1.82) is 5.26 Å². The van der Waals surface area contributed by atoms with E-state index in [1.165, 1.54) is 35.3 Å². The van der Waals surface area contributed by atoms with Crippen LogP contribution < -0.4 is 5.01 Å². The number of hydrogen-bond donors (Lipinski definition) is 1. The van der Waals surface area contributed by atoms with Gasteiger partial charge in [-0.05, 0) is 48.9 Å². The Balaban J connectivity index is 2.21. The number of carboxylic acid groups (broad SMARTS) is 1. The van der Waals surface area contributed by atoms with Gasteiger partial charge in [-0.25, -0.2) is 18.2 Å². The van der Waals surface area contributed by atoms with Gasteiger partial charge in [0.25, 0.3) is 5.04 Å². The van der Waals surface area contributed by atoms with Crippen LogP contribution in [0.1, 0.15) is 15.9 Å².